The zero-order valence-corrected chi connectivity index (χ0v) is 21.2. The van der Waals surface area contributed by atoms with Crippen LogP contribution in [0.2, 0.25) is 0 Å². The zero-order chi connectivity index (χ0) is 24.0. The van der Waals surface area contributed by atoms with Crippen molar-refractivity contribution in [3.05, 3.63) is 60.2 Å². The molecule has 0 radical (unpaired) electrons. The fraction of sp³-hybridized carbons (Fsp3) is 0.417. The predicted octanol–water partition coefficient (Wildman–Crippen LogP) is 4.77. The number of aliphatic hydroxyl groups excluding tert-OH is 1. The minimum Gasteiger partial charge on any atom is -0.388 e. The van der Waals surface area contributed by atoms with Gasteiger partial charge in [-0.1, -0.05) is 75.0 Å². The van der Waals surface area contributed by atoms with Gasteiger partial charge in [0, 0.05) is 30.4 Å². The summed E-state index contributed by atoms with van der Waals surface area (Å²) < 4.78 is 29.5. The molecule has 33 heavy (non-hydrogen) atoms. The molecule has 0 spiro atoms. The lowest BCUT2D eigenvalue weighted by Gasteiger charge is -2.20. The number of benzene rings is 2. The van der Waals surface area contributed by atoms with Crippen molar-refractivity contribution >= 4 is 21.8 Å². The first-order chi connectivity index (χ1) is 15.8. The van der Waals surface area contributed by atoms with Gasteiger partial charge in [0.2, 0.25) is 10.0 Å². The molecule has 178 valence electrons. The molecule has 0 saturated carbocycles. The van der Waals surface area contributed by atoms with Gasteiger partial charge in [0.15, 0.2) is 11.0 Å². The van der Waals surface area contributed by atoms with Crippen LogP contribution in [-0.4, -0.2) is 51.4 Å². The molecule has 0 aliphatic heterocycles. The monoisotopic (exact) mass is 488 g/mol. The number of rotatable bonds is 11. The summed E-state index contributed by atoms with van der Waals surface area (Å²) in [7, 11) is -3.58. The summed E-state index contributed by atoms with van der Waals surface area (Å²) in [5.41, 5.74) is 1.56. The molecule has 0 unspecified atom stereocenters. The van der Waals surface area contributed by atoms with Gasteiger partial charge >= 0.3 is 0 Å². The van der Waals surface area contributed by atoms with Crippen molar-refractivity contribution in [3.63, 3.8) is 0 Å². The standard InChI is InChI=1S/C24H32N4O3S2/c1-5-18(4)28-23(20-14-11-15-21(16-20)33(30,31)27(6-2)7-3)25-26-24(28)32-17-22(29)19-12-9-8-10-13-19/h8-16,18,22,29H,5-7,17H2,1-4H3/t18-,22-/m1/s1. The van der Waals surface area contributed by atoms with Crippen LogP contribution in [0.1, 0.15) is 51.8 Å². The lowest BCUT2D eigenvalue weighted by molar-refractivity contribution is 0.204. The van der Waals surface area contributed by atoms with E-state index >= 15 is 0 Å². The van der Waals surface area contributed by atoms with Gasteiger partial charge in [0.1, 0.15) is 0 Å². The van der Waals surface area contributed by atoms with Crippen molar-refractivity contribution in [3.8, 4) is 11.4 Å². The summed E-state index contributed by atoms with van der Waals surface area (Å²) in [4.78, 5) is 0.246. The number of aromatic nitrogens is 3. The molecule has 0 aliphatic rings. The molecule has 0 bridgehead atoms. The van der Waals surface area contributed by atoms with Crippen molar-refractivity contribution < 1.29 is 13.5 Å². The second-order valence-electron chi connectivity index (χ2n) is 7.79. The molecule has 0 amide bonds. The van der Waals surface area contributed by atoms with Crippen molar-refractivity contribution in [2.24, 2.45) is 0 Å². The second kappa shape index (κ2) is 11.3. The highest BCUT2D eigenvalue weighted by Gasteiger charge is 2.24. The average molecular weight is 489 g/mol. The van der Waals surface area contributed by atoms with Crippen LogP contribution in [0.4, 0.5) is 0 Å². The maximum Gasteiger partial charge on any atom is 0.243 e. The van der Waals surface area contributed by atoms with E-state index in [1.807, 2.05) is 54.8 Å². The summed E-state index contributed by atoms with van der Waals surface area (Å²) in [6, 6.07) is 16.5. The van der Waals surface area contributed by atoms with Gasteiger partial charge < -0.3 is 5.11 Å². The maximum atomic E-state index is 13.0. The van der Waals surface area contributed by atoms with Crippen molar-refractivity contribution in [2.75, 3.05) is 18.8 Å². The Morgan fingerprint density at radius 1 is 1.03 bits per heavy atom. The van der Waals surface area contributed by atoms with Crippen LogP contribution < -0.4 is 0 Å². The first kappa shape index (κ1) is 25.4. The highest BCUT2D eigenvalue weighted by Crippen LogP contribution is 2.32. The molecular weight excluding hydrogens is 456 g/mol. The van der Waals surface area contributed by atoms with Crippen molar-refractivity contribution in [1.29, 1.82) is 0 Å². The summed E-state index contributed by atoms with van der Waals surface area (Å²) >= 11 is 1.44. The Kier molecular flexibility index (Phi) is 8.69. The Balaban J connectivity index is 1.94. The minimum absolute atomic E-state index is 0.106. The molecule has 0 saturated heterocycles. The maximum absolute atomic E-state index is 13.0. The van der Waals surface area contributed by atoms with Crippen LogP contribution in [0.3, 0.4) is 0 Å². The van der Waals surface area contributed by atoms with E-state index in [9.17, 15) is 13.5 Å². The first-order valence-corrected chi connectivity index (χ1v) is 13.7. The molecule has 7 nitrogen and oxygen atoms in total. The van der Waals surface area contributed by atoms with Gasteiger partial charge in [0.25, 0.3) is 0 Å². The van der Waals surface area contributed by atoms with Crippen LogP contribution >= 0.6 is 11.8 Å². The molecule has 1 N–H and O–H groups in total. The SMILES string of the molecule is CC[C@@H](C)n1c(SC[C@@H](O)c2ccccc2)nnc1-c1cccc(S(=O)(=O)N(CC)CC)c1. The fourth-order valence-electron chi connectivity index (χ4n) is 3.59. The Hall–Kier alpha value is -2.20. The van der Waals surface area contributed by atoms with E-state index in [1.54, 1.807) is 18.2 Å². The molecule has 3 rings (SSSR count). The van der Waals surface area contributed by atoms with Crippen LogP contribution in [0, 0.1) is 0 Å². The Bertz CT molecular complexity index is 1150. The Morgan fingerprint density at radius 3 is 2.36 bits per heavy atom. The van der Waals surface area contributed by atoms with Crippen LogP contribution in [0.15, 0.2) is 64.6 Å². The number of thioether (sulfide) groups is 1. The van der Waals surface area contributed by atoms with Gasteiger partial charge in [-0.15, -0.1) is 10.2 Å². The molecule has 2 atom stereocenters. The van der Waals surface area contributed by atoms with Crippen molar-refractivity contribution in [2.45, 2.75) is 56.3 Å². The third-order valence-corrected chi connectivity index (χ3v) is 8.75. The van der Waals surface area contributed by atoms with E-state index in [4.69, 9.17) is 0 Å². The smallest absolute Gasteiger partial charge is 0.243 e. The van der Waals surface area contributed by atoms with Gasteiger partial charge in [-0.25, -0.2) is 8.42 Å². The average Bonchev–Trinajstić information content (AvgIpc) is 3.27. The fourth-order valence-corrected chi connectivity index (χ4v) is 6.09. The van der Waals surface area contributed by atoms with Gasteiger partial charge in [-0.3, -0.25) is 4.57 Å². The van der Waals surface area contributed by atoms with E-state index in [0.717, 1.165) is 12.0 Å². The van der Waals surface area contributed by atoms with Crippen LogP contribution in [-0.2, 0) is 10.0 Å². The molecule has 1 aromatic heterocycles. The quantitative estimate of drug-likeness (QED) is 0.391. The van der Waals surface area contributed by atoms with Gasteiger partial charge in [0.05, 0.1) is 11.0 Å². The van der Waals surface area contributed by atoms with Crippen LogP contribution in [0.5, 0.6) is 0 Å². The summed E-state index contributed by atoms with van der Waals surface area (Å²) in [5.74, 6) is 1.06. The molecule has 2 aromatic carbocycles. The molecule has 3 aromatic rings. The first-order valence-electron chi connectivity index (χ1n) is 11.2. The number of hydrogen-bond acceptors (Lipinski definition) is 6. The van der Waals surface area contributed by atoms with E-state index in [-0.39, 0.29) is 10.9 Å². The molecular formula is C24H32N4O3S2. The van der Waals surface area contributed by atoms with Gasteiger partial charge in [-0.05, 0) is 31.0 Å². The van der Waals surface area contributed by atoms with E-state index < -0.39 is 16.1 Å². The molecule has 9 heteroatoms. The molecule has 1 heterocycles. The molecule has 0 fully saturated rings. The summed E-state index contributed by atoms with van der Waals surface area (Å²) in [6.45, 7) is 8.66. The second-order valence-corrected chi connectivity index (χ2v) is 10.7. The predicted molar refractivity (Wildman–Crippen MR) is 133 cm³/mol. The number of aliphatic hydroxyl groups is 1. The Labute approximate surface area is 200 Å². The zero-order valence-electron chi connectivity index (χ0n) is 19.5. The highest BCUT2D eigenvalue weighted by molar-refractivity contribution is 7.99. The topological polar surface area (TPSA) is 88.3 Å². The number of sulfonamides is 1. The summed E-state index contributed by atoms with van der Waals surface area (Å²) in [6.07, 6.45) is 0.237. The van der Waals surface area contributed by atoms with Crippen molar-refractivity contribution in [1.82, 2.24) is 19.1 Å². The summed E-state index contributed by atoms with van der Waals surface area (Å²) in [5, 5.41) is 20.1. The normalized spacial score (nSPS) is 13.9. The number of hydrogen-bond donors (Lipinski definition) is 1. The van der Waals surface area contributed by atoms with Crippen LogP contribution in [0.25, 0.3) is 11.4 Å². The third kappa shape index (κ3) is 5.66. The third-order valence-electron chi connectivity index (χ3n) is 5.69. The minimum atomic E-state index is -3.58. The lowest BCUT2D eigenvalue weighted by atomic mass is 10.1. The lowest BCUT2D eigenvalue weighted by Crippen LogP contribution is -2.30. The van der Waals surface area contributed by atoms with E-state index in [0.29, 0.717) is 35.4 Å². The Morgan fingerprint density at radius 2 is 1.73 bits per heavy atom. The highest BCUT2D eigenvalue weighted by atomic mass is 32.2. The molecule has 0 aliphatic carbocycles. The van der Waals surface area contributed by atoms with Gasteiger partial charge in [-0.2, -0.15) is 4.31 Å². The van der Waals surface area contributed by atoms with E-state index in [1.165, 1.54) is 16.1 Å². The number of nitrogens with zero attached hydrogens (tertiary/aromatic N) is 4. The largest absolute Gasteiger partial charge is 0.388 e. The van der Waals surface area contributed by atoms with E-state index in [2.05, 4.69) is 24.0 Å².